The summed E-state index contributed by atoms with van der Waals surface area (Å²) in [7, 11) is -1.80. The Morgan fingerprint density at radius 3 is 2.33 bits per heavy atom. The van der Waals surface area contributed by atoms with E-state index >= 15 is 0 Å². The molecule has 0 fully saturated rings. The third-order valence-corrected chi connectivity index (χ3v) is 3.15. The molecule has 0 spiro atoms. The van der Waals surface area contributed by atoms with Gasteiger partial charge in [0.05, 0.1) is 5.60 Å². The van der Waals surface area contributed by atoms with Gasteiger partial charge in [0.1, 0.15) is 5.21 Å². The molecule has 0 bridgehead atoms. The van der Waals surface area contributed by atoms with E-state index in [-0.39, 0.29) is 6.54 Å². The number of methoxy groups -OCH3 is 1. The van der Waals surface area contributed by atoms with Crippen molar-refractivity contribution in [3.63, 3.8) is 0 Å². The number of halogens is 1. The lowest BCUT2D eigenvalue weighted by Gasteiger charge is -2.22. The molecule has 0 aliphatic rings. The molecule has 0 aromatic heterocycles. The molecule has 74 valence electrons. The molecule has 0 unspecified atom stereocenters. The van der Waals surface area contributed by atoms with Crippen LogP contribution in [-0.2, 0) is 14.8 Å². The predicted molar refractivity (Wildman–Crippen MR) is 48.7 cm³/mol. The van der Waals surface area contributed by atoms with Crippen LogP contribution in [0.1, 0.15) is 13.8 Å². The molecule has 0 amide bonds. The lowest BCUT2D eigenvalue weighted by molar-refractivity contribution is 0.0276. The summed E-state index contributed by atoms with van der Waals surface area (Å²) in [5, 5.41) is -0.424. The first kappa shape index (κ1) is 12.2. The van der Waals surface area contributed by atoms with Gasteiger partial charge in [0.25, 0.3) is 0 Å². The maximum atomic E-state index is 10.9. The Kier molecular flexibility index (Phi) is 4.47. The van der Waals surface area contributed by atoms with E-state index < -0.39 is 20.8 Å². The molecular weight excluding hydrogens is 202 g/mol. The maximum Gasteiger partial charge on any atom is 0.225 e. The second-order valence-corrected chi connectivity index (χ2v) is 5.40. The van der Waals surface area contributed by atoms with Gasteiger partial charge in [-0.2, -0.15) is 0 Å². The van der Waals surface area contributed by atoms with Gasteiger partial charge in [0.15, 0.2) is 0 Å². The molecule has 6 heteroatoms. The minimum absolute atomic E-state index is 0.221. The van der Waals surface area contributed by atoms with E-state index in [1.165, 1.54) is 7.11 Å². The average molecular weight is 216 g/mol. The van der Waals surface area contributed by atoms with Gasteiger partial charge in [-0.15, -0.1) is 11.6 Å². The van der Waals surface area contributed by atoms with E-state index in [9.17, 15) is 8.42 Å². The molecule has 0 heterocycles. The first-order valence-electron chi connectivity index (χ1n) is 3.41. The second kappa shape index (κ2) is 4.41. The Hall–Kier alpha value is 0.160. The number of ether oxygens (including phenoxy) is 1. The van der Waals surface area contributed by atoms with Crippen molar-refractivity contribution in [1.82, 2.24) is 4.72 Å². The Labute approximate surface area is 78.3 Å². The van der Waals surface area contributed by atoms with Crippen LogP contribution in [0.4, 0.5) is 0 Å². The summed E-state index contributed by atoms with van der Waals surface area (Å²) in [5.41, 5.74) is -0.501. The highest BCUT2D eigenvalue weighted by atomic mass is 35.5. The highest BCUT2D eigenvalue weighted by molar-refractivity contribution is 7.90. The molecule has 0 aromatic rings. The SMILES string of the molecule is COC(C)(C)CNS(=O)(=O)CCl. The number of alkyl halides is 1. The molecule has 12 heavy (non-hydrogen) atoms. The quantitative estimate of drug-likeness (QED) is 0.681. The topological polar surface area (TPSA) is 55.4 Å². The van der Waals surface area contributed by atoms with Crippen LogP contribution in [-0.4, -0.2) is 32.9 Å². The van der Waals surface area contributed by atoms with Gasteiger partial charge in [-0.3, -0.25) is 0 Å². The van der Waals surface area contributed by atoms with Gasteiger partial charge in [-0.1, -0.05) is 0 Å². The van der Waals surface area contributed by atoms with Crippen molar-refractivity contribution >= 4 is 21.6 Å². The van der Waals surface area contributed by atoms with Crippen molar-refractivity contribution in [3.05, 3.63) is 0 Å². The maximum absolute atomic E-state index is 10.9. The Morgan fingerprint density at radius 1 is 1.50 bits per heavy atom. The van der Waals surface area contributed by atoms with E-state index in [2.05, 4.69) is 4.72 Å². The number of hydrogen-bond donors (Lipinski definition) is 1. The van der Waals surface area contributed by atoms with Gasteiger partial charge >= 0.3 is 0 Å². The number of hydrogen-bond acceptors (Lipinski definition) is 3. The fourth-order valence-electron chi connectivity index (χ4n) is 0.395. The van der Waals surface area contributed by atoms with Crippen molar-refractivity contribution in [3.8, 4) is 0 Å². The number of rotatable bonds is 5. The average Bonchev–Trinajstić information content (AvgIpc) is 2.02. The molecule has 0 rings (SSSR count). The van der Waals surface area contributed by atoms with E-state index in [1.54, 1.807) is 13.8 Å². The van der Waals surface area contributed by atoms with Crippen LogP contribution in [0.3, 0.4) is 0 Å². The van der Waals surface area contributed by atoms with Crippen LogP contribution < -0.4 is 4.72 Å². The molecule has 1 N–H and O–H groups in total. The summed E-state index contributed by atoms with van der Waals surface area (Å²) in [4.78, 5) is 0. The van der Waals surface area contributed by atoms with E-state index in [0.29, 0.717) is 0 Å². The van der Waals surface area contributed by atoms with Crippen molar-refractivity contribution in [2.75, 3.05) is 18.9 Å². The van der Waals surface area contributed by atoms with Crippen LogP contribution >= 0.6 is 11.6 Å². The summed E-state index contributed by atoms with van der Waals surface area (Å²) in [6.07, 6.45) is 0. The molecule has 0 saturated carbocycles. The minimum Gasteiger partial charge on any atom is -0.377 e. The van der Waals surface area contributed by atoms with Gasteiger partial charge in [0, 0.05) is 13.7 Å². The van der Waals surface area contributed by atoms with Crippen molar-refractivity contribution in [2.24, 2.45) is 0 Å². The first-order chi connectivity index (χ1) is 5.33. The van der Waals surface area contributed by atoms with Crippen LogP contribution in [0.2, 0.25) is 0 Å². The third-order valence-electron chi connectivity index (χ3n) is 1.41. The van der Waals surface area contributed by atoms with Crippen LogP contribution in [0.5, 0.6) is 0 Å². The van der Waals surface area contributed by atoms with Gasteiger partial charge in [-0.25, -0.2) is 13.1 Å². The van der Waals surface area contributed by atoms with Crippen LogP contribution in [0.15, 0.2) is 0 Å². The van der Waals surface area contributed by atoms with Gasteiger partial charge in [0.2, 0.25) is 10.0 Å². The standard InChI is InChI=1S/C6H14ClNO3S/c1-6(2,11-3)4-8-12(9,10)5-7/h8H,4-5H2,1-3H3. The summed E-state index contributed by atoms with van der Waals surface area (Å²) in [6, 6.07) is 0. The fourth-order valence-corrected chi connectivity index (χ4v) is 1.27. The first-order valence-corrected chi connectivity index (χ1v) is 5.60. The smallest absolute Gasteiger partial charge is 0.225 e. The van der Waals surface area contributed by atoms with Crippen molar-refractivity contribution < 1.29 is 13.2 Å². The normalized spacial score (nSPS) is 13.3. The van der Waals surface area contributed by atoms with E-state index in [1.807, 2.05) is 0 Å². The fraction of sp³-hybridized carbons (Fsp3) is 1.00. The number of sulfonamides is 1. The summed E-state index contributed by atoms with van der Waals surface area (Å²) < 4.78 is 29.0. The van der Waals surface area contributed by atoms with E-state index in [0.717, 1.165) is 0 Å². The van der Waals surface area contributed by atoms with Crippen molar-refractivity contribution in [2.45, 2.75) is 19.4 Å². The lowest BCUT2D eigenvalue weighted by atomic mass is 10.1. The Bertz CT molecular complexity index is 225. The van der Waals surface area contributed by atoms with Gasteiger partial charge < -0.3 is 4.74 Å². The zero-order chi connectivity index (χ0) is 9.83. The lowest BCUT2D eigenvalue weighted by Crippen LogP contribution is -2.40. The zero-order valence-corrected chi connectivity index (χ0v) is 9.00. The highest BCUT2D eigenvalue weighted by Gasteiger charge is 2.19. The monoisotopic (exact) mass is 215 g/mol. The van der Waals surface area contributed by atoms with Crippen LogP contribution in [0.25, 0.3) is 0 Å². The molecule has 0 radical (unpaired) electrons. The molecule has 0 aliphatic carbocycles. The summed E-state index contributed by atoms with van der Waals surface area (Å²) in [5.74, 6) is 0. The van der Waals surface area contributed by atoms with Gasteiger partial charge in [-0.05, 0) is 13.8 Å². The number of nitrogens with one attached hydrogen (secondary N) is 1. The molecule has 0 aliphatic heterocycles. The molecule has 0 aromatic carbocycles. The van der Waals surface area contributed by atoms with Crippen molar-refractivity contribution in [1.29, 1.82) is 0 Å². The summed E-state index contributed by atoms with van der Waals surface area (Å²) in [6.45, 7) is 3.78. The Balaban J connectivity index is 4.00. The Morgan fingerprint density at radius 2 is 2.00 bits per heavy atom. The van der Waals surface area contributed by atoms with Crippen LogP contribution in [0, 0.1) is 0 Å². The second-order valence-electron chi connectivity index (χ2n) is 3.01. The zero-order valence-electron chi connectivity index (χ0n) is 7.43. The molecule has 4 nitrogen and oxygen atoms in total. The largest absolute Gasteiger partial charge is 0.377 e. The predicted octanol–water partition coefficient (Wildman–Crippen LogP) is 0.527. The highest BCUT2D eigenvalue weighted by Crippen LogP contribution is 2.05. The summed E-state index contributed by atoms with van der Waals surface area (Å²) >= 11 is 5.17. The van der Waals surface area contributed by atoms with E-state index in [4.69, 9.17) is 16.3 Å². The molecule has 0 atom stereocenters. The molecular formula is C6H14ClNO3S. The minimum atomic E-state index is -3.33. The molecule has 0 saturated heterocycles. The third kappa shape index (κ3) is 4.92.